The summed E-state index contributed by atoms with van der Waals surface area (Å²) in [4.78, 5) is 16.9. The van der Waals surface area contributed by atoms with Crippen LogP contribution in [0.5, 0.6) is 0 Å². The fourth-order valence-corrected chi connectivity index (χ4v) is 5.49. The summed E-state index contributed by atoms with van der Waals surface area (Å²) < 4.78 is 0.874. The Balaban J connectivity index is 1.42. The minimum atomic E-state index is 0.176. The summed E-state index contributed by atoms with van der Waals surface area (Å²) in [6, 6.07) is 8.66. The number of hydrogen-bond donors (Lipinski definition) is 0. The highest BCUT2D eigenvalue weighted by atomic mass is 32.2. The number of hydrogen-bond acceptors (Lipinski definition) is 6. The van der Waals surface area contributed by atoms with E-state index in [1.54, 1.807) is 11.3 Å². The summed E-state index contributed by atoms with van der Waals surface area (Å²) in [5, 5.41) is 9.02. The van der Waals surface area contributed by atoms with Gasteiger partial charge in [-0.05, 0) is 56.7 Å². The number of carbonyl (C=O) groups excluding carboxylic acids is 1. The zero-order valence-electron chi connectivity index (χ0n) is 17.1. The van der Waals surface area contributed by atoms with E-state index in [-0.39, 0.29) is 5.91 Å². The molecule has 3 rings (SSSR count). The van der Waals surface area contributed by atoms with Crippen LogP contribution >= 0.6 is 23.1 Å². The molecule has 0 radical (unpaired) electrons. The monoisotopic (exact) mass is 418 g/mol. The molecule has 0 spiro atoms. The molecule has 1 fully saturated rings. The molecule has 152 valence electrons. The molecular weight excluding hydrogens is 388 g/mol. The van der Waals surface area contributed by atoms with Crippen LogP contribution in [0.2, 0.25) is 0 Å². The number of piperidine rings is 1. The molecule has 0 aliphatic carbocycles. The number of rotatable bonds is 8. The van der Waals surface area contributed by atoms with Crippen molar-refractivity contribution in [3.63, 3.8) is 0 Å². The molecule has 1 aromatic heterocycles. The van der Waals surface area contributed by atoms with Crippen molar-refractivity contribution in [1.82, 2.24) is 20.0 Å². The summed E-state index contributed by atoms with van der Waals surface area (Å²) in [6.45, 7) is 8.33. The van der Waals surface area contributed by atoms with Crippen molar-refractivity contribution >= 4 is 29.0 Å². The molecule has 0 bridgehead atoms. The third kappa shape index (κ3) is 6.29. The highest BCUT2D eigenvalue weighted by molar-refractivity contribution is 8.01. The number of thioether (sulfide) groups is 1. The topological polar surface area (TPSA) is 49.3 Å². The molecule has 1 aliphatic rings. The van der Waals surface area contributed by atoms with Crippen molar-refractivity contribution in [3.05, 3.63) is 40.4 Å². The van der Waals surface area contributed by atoms with E-state index in [1.165, 1.54) is 42.3 Å². The van der Waals surface area contributed by atoms with Crippen LogP contribution in [0.25, 0.3) is 0 Å². The first-order valence-corrected chi connectivity index (χ1v) is 11.7. The van der Waals surface area contributed by atoms with E-state index >= 15 is 0 Å². The van der Waals surface area contributed by atoms with Crippen molar-refractivity contribution in [3.8, 4) is 0 Å². The molecule has 1 amide bonds. The van der Waals surface area contributed by atoms with E-state index in [0.717, 1.165) is 35.4 Å². The second-order valence-electron chi connectivity index (χ2n) is 7.64. The Morgan fingerprint density at radius 1 is 1.32 bits per heavy atom. The molecule has 5 nitrogen and oxygen atoms in total. The maximum atomic E-state index is 12.5. The van der Waals surface area contributed by atoms with E-state index in [1.807, 2.05) is 18.9 Å². The van der Waals surface area contributed by atoms with Crippen LogP contribution in [0.3, 0.4) is 0 Å². The zero-order valence-corrected chi connectivity index (χ0v) is 18.7. The van der Waals surface area contributed by atoms with Gasteiger partial charge < -0.3 is 9.80 Å². The zero-order chi connectivity index (χ0) is 19.9. The molecular formula is C21H30N4OS2. The predicted molar refractivity (Wildman–Crippen MR) is 117 cm³/mol. The van der Waals surface area contributed by atoms with Crippen molar-refractivity contribution in [2.24, 2.45) is 5.92 Å². The molecule has 1 aliphatic heterocycles. The van der Waals surface area contributed by atoms with Crippen LogP contribution in [0.4, 0.5) is 0 Å². The van der Waals surface area contributed by atoms with Gasteiger partial charge in [0.05, 0.1) is 5.75 Å². The predicted octanol–water partition coefficient (Wildman–Crippen LogP) is 3.66. The average Bonchev–Trinajstić information content (AvgIpc) is 3.11. The number of benzene rings is 1. The highest BCUT2D eigenvalue weighted by Gasteiger charge is 2.23. The van der Waals surface area contributed by atoms with Gasteiger partial charge in [0.1, 0.15) is 5.01 Å². The fourth-order valence-electron chi connectivity index (χ4n) is 3.73. The molecule has 0 saturated carbocycles. The maximum Gasteiger partial charge on any atom is 0.232 e. The third-order valence-corrected chi connectivity index (χ3v) is 7.30. The van der Waals surface area contributed by atoms with E-state index in [9.17, 15) is 4.79 Å². The smallest absolute Gasteiger partial charge is 0.232 e. The molecule has 2 aromatic rings. The Morgan fingerprint density at radius 3 is 2.89 bits per heavy atom. The van der Waals surface area contributed by atoms with Crippen molar-refractivity contribution in [1.29, 1.82) is 0 Å². The molecule has 28 heavy (non-hydrogen) atoms. The second-order valence-corrected chi connectivity index (χ2v) is 10.0. The number of amides is 1. The van der Waals surface area contributed by atoms with Crippen LogP contribution < -0.4 is 0 Å². The molecule has 7 heteroatoms. The van der Waals surface area contributed by atoms with Crippen LogP contribution in [0.15, 0.2) is 28.6 Å². The lowest BCUT2D eigenvalue weighted by molar-refractivity contribution is -0.127. The van der Waals surface area contributed by atoms with Crippen LogP contribution in [-0.4, -0.2) is 64.9 Å². The molecule has 0 unspecified atom stereocenters. The minimum Gasteiger partial charge on any atom is -0.345 e. The largest absolute Gasteiger partial charge is 0.345 e. The fraction of sp³-hybridized carbons (Fsp3) is 0.571. The molecule has 0 N–H and O–H groups in total. The standard InChI is InChI=1S/C21H30N4OS2/c1-16-7-4-5-9-19(16)10-12-25-11-6-8-18(14-25)13-24(3)20(26)15-27-21-23-22-17(2)28-21/h4-5,7,9,18H,6,8,10-15H2,1-3H3/t18-/m1/s1. The second kappa shape index (κ2) is 10.4. The SMILES string of the molecule is Cc1nnc(SCC(=O)N(C)C[C@H]2CCCN(CCc3ccccc3C)C2)s1. The third-order valence-electron chi connectivity index (χ3n) is 5.35. The van der Waals surface area contributed by atoms with Crippen LogP contribution in [-0.2, 0) is 11.2 Å². The van der Waals surface area contributed by atoms with Gasteiger partial charge in [0.15, 0.2) is 4.34 Å². The van der Waals surface area contributed by atoms with Gasteiger partial charge in [-0.15, -0.1) is 10.2 Å². The number of aromatic nitrogens is 2. The summed E-state index contributed by atoms with van der Waals surface area (Å²) in [5.74, 6) is 1.18. The Bertz CT molecular complexity index is 779. The Kier molecular flexibility index (Phi) is 7.88. The van der Waals surface area contributed by atoms with Gasteiger partial charge in [0.2, 0.25) is 5.91 Å². The molecule has 1 saturated heterocycles. The van der Waals surface area contributed by atoms with Crippen molar-refractivity contribution in [2.45, 2.75) is 37.4 Å². The molecule has 2 heterocycles. The lowest BCUT2D eigenvalue weighted by Gasteiger charge is -2.34. The Labute approximate surface area is 176 Å². The Hall–Kier alpha value is -1.44. The average molecular weight is 419 g/mol. The number of aryl methyl sites for hydroxylation is 2. The van der Waals surface area contributed by atoms with E-state index in [4.69, 9.17) is 0 Å². The normalized spacial score (nSPS) is 17.6. The summed E-state index contributed by atoms with van der Waals surface area (Å²) in [5.41, 5.74) is 2.82. The lowest BCUT2D eigenvalue weighted by atomic mass is 9.96. The van der Waals surface area contributed by atoms with Gasteiger partial charge in [-0.1, -0.05) is 47.4 Å². The van der Waals surface area contributed by atoms with Gasteiger partial charge >= 0.3 is 0 Å². The summed E-state index contributed by atoms with van der Waals surface area (Å²) in [6.07, 6.45) is 3.53. The lowest BCUT2D eigenvalue weighted by Crippen LogP contribution is -2.42. The van der Waals surface area contributed by atoms with Crippen LogP contribution in [0.1, 0.15) is 29.0 Å². The number of carbonyl (C=O) groups is 1. The van der Waals surface area contributed by atoms with Crippen molar-refractivity contribution < 1.29 is 4.79 Å². The number of nitrogens with zero attached hydrogens (tertiary/aromatic N) is 4. The number of likely N-dealkylation sites (tertiary alicyclic amines) is 1. The first-order valence-electron chi connectivity index (χ1n) is 9.95. The summed E-state index contributed by atoms with van der Waals surface area (Å²) >= 11 is 3.04. The first-order chi connectivity index (χ1) is 13.5. The van der Waals surface area contributed by atoms with Gasteiger partial charge in [-0.2, -0.15) is 0 Å². The van der Waals surface area contributed by atoms with Gasteiger partial charge in [-0.25, -0.2) is 0 Å². The first kappa shape index (κ1) is 21.3. The molecule has 1 atom stereocenters. The van der Waals surface area contributed by atoms with Gasteiger partial charge in [0, 0.05) is 26.7 Å². The van der Waals surface area contributed by atoms with E-state index in [2.05, 4.69) is 46.3 Å². The van der Waals surface area contributed by atoms with E-state index < -0.39 is 0 Å². The quantitative estimate of drug-likeness (QED) is 0.613. The van der Waals surface area contributed by atoms with Gasteiger partial charge in [-0.3, -0.25) is 4.79 Å². The van der Waals surface area contributed by atoms with E-state index in [0.29, 0.717) is 11.7 Å². The minimum absolute atomic E-state index is 0.176. The summed E-state index contributed by atoms with van der Waals surface area (Å²) in [7, 11) is 1.93. The van der Waals surface area contributed by atoms with Crippen molar-refractivity contribution in [2.75, 3.05) is 39.0 Å². The highest BCUT2D eigenvalue weighted by Crippen LogP contribution is 2.23. The Morgan fingerprint density at radius 2 is 2.14 bits per heavy atom. The molecule has 1 aromatic carbocycles. The van der Waals surface area contributed by atoms with Crippen LogP contribution in [0, 0.1) is 19.8 Å². The maximum absolute atomic E-state index is 12.5. The van der Waals surface area contributed by atoms with Gasteiger partial charge in [0.25, 0.3) is 0 Å².